The van der Waals surface area contributed by atoms with Crippen molar-refractivity contribution in [3.8, 4) is 0 Å². The third kappa shape index (κ3) is 2.95. The standard InChI is InChI=1S/C13H11Br2ClS/c1-7-3-10(11(16)4-8(7)2)13(15)9-5-12(14)17-6-9/h3-6,13H,1-2H3. The van der Waals surface area contributed by atoms with E-state index in [0.29, 0.717) is 0 Å². The predicted molar refractivity (Wildman–Crippen MR) is 83.7 cm³/mol. The summed E-state index contributed by atoms with van der Waals surface area (Å²) < 4.78 is 1.14. The van der Waals surface area contributed by atoms with Gasteiger partial charge in [-0.3, -0.25) is 0 Å². The van der Waals surface area contributed by atoms with Crippen molar-refractivity contribution in [3.63, 3.8) is 0 Å². The average Bonchev–Trinajstić information content (AvgIpc) is 2.69. The van der Waals surface area contributed by atoms with Crippen molar-refractivity contribution in [2.24, 2.45) is 0 Å². The Kier molecular flexibility index (Phi) is 4.35. The first kappa shape index (κ1) is 13.6. The van der Waals surface area contributed by atoms with Gasteiger partial charge in [-0.15, -0.1) is 11.3 Å². The third-order valence-electron chi connectivity index (χ3n) is 2.77. The molecule has 2 rings (SSSR count). The van der Waals surface area contributed by atoms with Crippen LogP contribution in [0.15, 0.2) is 27.4 Å². The van der Waals surface area contributed by atoms with Crippen LogP contribution in [0.25, 0.3) is 0 Å². The summed E-state index contributed by atoms with van der Waals surface area (Å²) in [6, 6.07) is 6.31. The summed E-state index contributed by atoms with van der Waals surface area (Å²) in [7, 11) is 0. The molecule has 0 aliphatic heterocycles. The molecule has 90 valence electrons. The van der Waals surface area contributed by atoms with Crippen molar-refractivity contribution < 1.29 is 0 Å². The molecule has 0 bridgehead atoms. The SMILES string of the molecule is Cc1cc(Cl)c(C(Br)c2csc(Br)c2)cc1C. The molecule has 1 aromatic carbocycles. The minimum absolute atomic E-state index is 0.150. The van der Waals surface area contributed by atoms with Crippen molar-refractivity contribution in [3.05, 3.63) is 54.6 Å². The lowest BCUT2D eigenvalue weighted by molar-refractivity contribution is 1.17. The lowest BCUT2D eigenvalue weighted by atomic mass is 10.0. The molecule has 0 fully saturated rings. The molecule has 17 heavy (non-hydrogen) atoms. The van der Waals surface area contributed by atoms with E-state index in [9.17, 15) is 0 Å². The van der Waals surface area contributed by atoms with Crippen LogP contribution in [-0.4, -0.2) is 0 Å². The second kappa shape index (κ2) is 5.43. The minimum Gasteiger partial charge on any atom is -0.136 e. The molecule has 0 spiro atoms. The van der Waals surface area contributed by atoms with E-state index in [1.807, 2.05) is 6.07 Å². The largest absolute Gasteiger partial charge is 0.136 e. The van der Waals surface area contributed by atoms with Gasteiger partial charge in [0.1, 0.15) is 0 Å². The fourth-order valence-electron chi connectivity index (χ4n) is 1.63. The average molecular weight is 395 g/mol. The summed E-state index contributed by atoms with van der Waals surface area (Å²) in [6.45, 7) is 4.19. The van der Waals surface area contributed by atoms with Crippen LogP contribution in [0.3, 0.4) is 0 Å². The number of rotatable bonds is 2. The van der Waals surface area contributed by atoms with Gasteiger partial charge < -0.3 is 0 Å². The minimum atomic E-state index is 0.150. The van der Waals surface area contributed by atoms with Crippen LogP contribution in [0.4, 0.5) is 0 Å². The molecule has 1 atom stereocenters. The number of aryl methyl sites for hydroxylation is 2. The zero-order valence-electron chi connectivity index (χ0n) is 9.43. The van der Waals surface area contributed by atoms with Crippen LogP contribution in [0, 0.1) is 13.8 Å². The molecule has 0 aliphatic carbocycles. The van der Waals surface area contributed by atoms with Crippen LogP contribution in [0.5, 0.6) is 0 Å². The van der Waals surface area contributed by atoms with E-state index in [2.05, 4.69) is 63.2 Å². The molecule has 2 aromatic rings. The zero-order chi connectivity index (χ0) is 12.6. The Bertz CT molecular complexity index is 548. The number of hydrogen-bond donors (Lipinski definition) is 0. The van der Waals surface area contributed by atoms with Crippen LogP contribution < -0.4 is 0 Å². The molecule has 1 unspecified atom stereocenters. The van der Waals surface area contributed by atoms with Gasteiger partial charge in [0, 0.05) is 5.02 Å². The first-order valence-corrected chi connectivity index (χ1v) is 8.10. The molecular weight excluding hydrogens is 383 g/mol. The maximum absolute atomic E-state index is 6.31. The fourth-order valence-corrected chi connectivity index (χ4v) is 4.11. The summed E-state index contributed by atoms with van der Waals surface area (Å²) in [4.78, 5) is 0.150. The topological polar surface area (TPSA) is 0 Å². The van der Waals surface area contributed by atoms with E-state index in [1.54, 1.807) is 11.3 Å². The molecule has 1 heterocycles. The van der Waals surface area contributed by atoms with E-state index in [1.165, 1.54) is 16.7 Å². The Morgan fingerprint density at radius 3 is 2.41 bits per heavy atom. The fraction of sp³-hybridized carbons (Fsp3) is 0.231. The van der Waals surface area contributed by atoms with E-state index < -0.39 is 0 Å². The first-order chi connectivity index (χ1) is 7.99. The van der Waals surface area contributed by atoms with Gasteiger partial charge in [0.2, 0.25) is 0 Å². The Morgan fingerprint density at radius 1 is 1.18 bits per heavy atom. The molecule has 0 saturated carbocycles. The van der Waals surface area contributed by atoms with Gasteiger partial charge in [-0.2, -0.15) is 0 Å². The van der Waals surface area contributed by atoms with Gasteiger partial charge in [0.15, 0.2) is 0 Å². The van der Waals surface area contributed by atoms with Gasteiger partial charge >= 0.3 is 0 Å². The molecule has 0 amide bonds. The third-order valence-corrected chi connectivity index (χ3v) is 5.64. The van der Waals surface area contributed by atoms with E-state index in [4.69, 9.17) is 11.6 Å². The van der Waals surface area contributed by atoms with Crippen LogP contribution in [-0.2, 0) is 0 Å². The lowest BCUT2D eigenvalue weighted by Gasteiger charge is -2.13. The lowest BCUT2D eigenvalue weighted by Crippen LogP contribution is -1.94. The van der Waals surface area contributed by atoms with Gasteiger partial charge in [-0.25, -0.2) is 0 Å². The van der Waals surface area contributed by atoms with E-state index in [0.717, 1.165) is 14.4 Å². The maximum Gasteiger partial charge on any atom is 0.0701 e. The Hall–Kier alpha value is 0.170. The number of benzene rings is 1. The van der Waals surface area contributed by atoms with E-state index >= 15 is 0 Å². The number of alkyl halides is 1. The highest BCUT2D eigenvalue weighted by atomic mass is 79.9. The summed E-state index contributed by atoms with van der Waals surface area (Å²) in [5.41, 5.74) is 4.85. The quantitative estimate of drug-likeness (QED) is 0.527. The molecular formula is C13H11Br2ClS. The summed E-state index contributed by atoms with van der Waals surface area (Å²) >= 11 is 15.2. The molecule has 0 aliphatic rings. The van der Waals surface area contributed by atoms with Crippen LogP contribution in [0.1, 0.15) is 27.1 Å². The second-order valence-electron chi connectivity index (χ2n) is 4.00. The number of thiophene rings is 1. The molecule has 0 nitrogen and oxygen atoms in total. The normalized spacial score (nSPS) is 12.8. The van der Waals surface area contributed by atoms with Crippen molar-refractivity contribution in [2.45, 2.75) is 18.7 Å². The first-order valence-electron chi connectivity index (χ1n) is 5.13. The summed E-state index contributed by atoms with van der Waals surface area (Å²) in [6.07, 6.45) is 0. The Balaban J connectivity index is 2.43. The Morgan fingerprint density at radius 2 is 1.82 bits per heavy atom. The summed E-state index contributed by atoms with van der Waals surface area (Å²) in [5.74, 6) is 0. The predicted octanol–water partition coefficient (Wildman–Crippen LogP) is 6.27. The molecule has 0 saturated heterocycles. The highest BCUT2D eigenvalue weighted by Crippen LogP contribution is 2.39. The number of hydrogen-bond acceptors (Lipinski definition) is 1. The van der Waals surface area contributed by atoms with Crippen molar-refractivity contribution in [1.29, 1.82) is 0 Å². The highest BCUT2D eigenvalue weighted by Gasteiger charge is 2.16. The molecule has 0 radical (unpaired) electrons. The van der Waals surface area contributed by atoms with Crippen molar-refractivity contribution >= 4 is 54.8 Å². The monoisotopic (exact) mass is 392 g/mol. The second-order valence-corrected chi connectivity index (χ2v) is 7.62. The smallest absolute Gasteiger partial charge is 0.0701 e. The Labute approximate surface area is 127 Å². The van der Waals surface area contributed by atoms with E-state index in [-0.39, 0.29) is 4.83 Å². The van der Waals surface area contributed by atoms with Crippen LogP contribution >= 0.6 is 54.8 Å². The molecule has 0 N–H and O–H groups in total. The molecule has 4 heteroatoms. The van der Waals surface area contributed by atoms with Crippen LogP contribution in [0.2, 0.25) is 5.02 Å². The van der Waals surface area contributed by atoms with Gasteiger partial charge in [0.25, 0.3) is 0 Å². The van der Waals surface area contributed by atoms with Gasteiger partial charge in [-0.1, -0.05) is 33.6 Å². The number of halogens is 3. The molecule has 1 aromatic heterocycles. The maximum atomic E-state index is 6.31. The van der Waals surface area contributed by atoms with Crippen molar-refractivity contribution in [2.75, 3.05) is 0 Å². The van der Waals surface area contributed by atoms with Crippen molar-refractivity contribution in [1.82, 2.24) is 0 Å². The van der Waals surface area contributed by atoms with Gasteiger partial charge in [0.05, 0.1) is 8.61 Å². The summed E-state index contributed by atoms with van der Waals surface area (Å²) in [5, 5.41) is 2.95. The van der Waals surface area contributed by atoms with Gasteiger partial charge in [-0.05, 0) is 69.5 Å². The zero-order valence-corrected chi connectivity index (χ0v) is 14.2. The highest BCUT2D eigenvalue weighted by molar-refractivity contribution is 9.11.